The van der Waals surface area contributed by atoms with Gasteiger partial charge in [-0.05, 0) is 38.5 Å². The molecule has 1 aromatic heterocycles. The maximum atomic E-state index is 12.4. The van der Waals surface area contributed by atoms with Crippen LogP contribution in [0.4, 0.5) is 10.5 Å². The number of nitrogens with zero attached hydrogens (tertiary/aromatic N) is 1. The first-order valence-corrected chi connectivity index (χ1v) is 8.70. The van der Waals surface area contributed by atoms with Gasteiger partial charge >= 0.3 is 6.09 Å². The van der Waals surface area contributed by atoms with Crippen LogP contribution in [0.25, 0.3) is 0 Å². The molecule has 0 aliphatic carbocycles. The van der Waals surface area contributed by atoms with E-state index in [1.165, 1.54) is 11.0 Å². The first-order chi connectivity index (χ1) is 12.1. The molecule has 0 fully saturated rings. The summed E-state index contributed by atoms with van der Waals surface area (Å²) in [7, 11) is 1.64. The monoisotopic (exact) mass is 397 g/mol. The van der Waals surface area contributed by atoms with Gasteiger partial charge < -0.3 is 19.9 Å². The summed E-state index contributed by atoms with van der Waals surface area (Å²) in [6.07, 6.45) is -0.443. The van der Waals surface area contributed by atoms with E-state index in [1.54, 1.807) is 40.0 Å². The number of nitrogens with one attached hydrogen (secondary N) is 2. The van der Waals surface area contributed by atoms with E-state index in [-0.39, 0.29) is 28.3 Å². The molecule has 0 saturated carbocycles. The molecule has 0 spiro atoms. The lowest BCUT2D eigenvalue weighted by molar-refractivity contribution is 0.0285. The first kappa shape index (κ1) is 20.1. The van der Waals surface area contributed by atoms with E-state index in [9.17, 15) is 9.59 Å². The predicted octanol–water partition coefficient (Wildman–Crippen LogP) is 4.94. The molecule has 0 atom stereocenters. The summed E-state index contributed by atoms with van der Waals surface area (Å²) < 4.78 is 5.34. The van der Waals surface area contributed by atoms with Crippen molar-refractivity contribution in [3.8, 4) is 0 Å². The van der Waals surface area contributed by atoms with Gasteiger partial charge in [-0.2, -0.15) is 0 Å². The van der Waals surface area contributed by atoms with E-state index in [2.05, 4.69) is 10.3 Å². The van der Waals surface area contributed by atoms with Gasteiger partial charge in [0, 0.05) is 12.7 Å². The van der Waals surface area contributed by atoms with Gasteiger partial charge in [-0.3, -0.25) is 4.79 Å². The molecule has 2 rings (SSSR count). The average molecular weight is 398 g/mol. The molecule has 2 amide bonds. The van der Waals surface area contributed by atoms with Gasteiger partial charge in [-0.15, -0.1) is 0 Å². The Bertz CT molecular complexity index is 793. The van der Waals surface area contributed by atoms with Crippen molar-refractivity contribution < 1.29 is 14.3 Å². The fourth-order valence-electron chi connectivity index (χ4n) is 2.16. The van der Waals surface area contributed by atoms with Gasteiger partial charge in [0.15, 0.2) is 0 Å². The highest BCUT2D eigenvalue weighted by Gasteiger charge is 2.21. The van der Waals surface area contributed by atoms with E-state index in [0.29, 0.717) is 5.69 Å². The van der Waals surface area contributed by atoms with Gasteiger partial charge in [-0.25, -0.2) is 4.79 Å². The van der Waals surface area contributed by atoms with Crippen LogP contribution in [0, 0.1) is 0 Å². The molecule has 0 aliphatic rings. The minimum absolute atomic E-state index is 0.203. The Balaban J connectivity index is 2.12. The fourth-order valence-corrected chi connectivity index (χ4v) is 2.47. The highest BCUT2D eigenvalue weighted by atomic mass is 35.5. The van der Waals surface area contributed by atoms with Gasteiger partial charge in [0.1, 0.15) is 16.4 Å². The third-order valence-corrected chi connectivity index (χ3v) is 4.04. The Kier molecular flexibility index (Phi) is 6.21. The Morgan fingerprint density at radius 3 is 2.46 bits per heavy atom. The molecule has 26 heavy (non-hydrogen) atoms. The number of aromatic amines is 1. The van der Waals surface area contributed by atoms with Crippen molar-refractivity contribution in [3.05, 3.63) is 51.8 Å². The number of amides is 2. The maximum absolute atomic E-state index is 12.4. The van der Waals surface area contributed by atoms with Gasteiger partial charge in [0.2, 0.25) is 0 Å². The number of H-pyrrole nitrogens is 1. The lowest BCUT2D eigenvalue weighted by Gasteiger charge is -2.25. The molecule has 0 saturated heterocycles. The summed E-state index contributed by atoms with van der Waals surface area (Å²) in [6, 6.07) is 8.65. The molecule has 2 N–H and O–H groups in total. The topological polar surface area (TPSA) is 74.4 Å². The Morgan fingerprint density at radius 1 is 1.23 bits per heavy atom. The molecule has 1 aromatic carbocycles. The number of rotatable bonds is 4. The average Bonchev–Trinajstić information content (AvgIpc) is 2.87. The predicted molar refractivity (Wildman–Crippen MR) is 103 cm³/mol. The molecule has 0 bridgehead atoms. The van der Waals surface area contributed by atoms with Crippen molar-refractivity contribution in [2.75, 3.05) is 12.4 Å². The maximum Gasteiger partial charge on any atom is 0.410 e. The zero-order valence-corrected chi connectivity index (χ0v) is 16.5. The summed E-state index contributed by atoms with van der Waals surface area (Å²) in [5.74, 6) is -0.383. The first-order valence-electron chi connectivity index (χ1n) is 7.94. The quantitative estimate of drug-likeness (QED) is 0.766. The molecule has 140 valence electrons. The molecular formula is C18H21Cl2N3O3. The largest absolute Gasteiger partial charge is 0.444 e. The number of para-hydroxylation sites is 1. The summed E-state index contributed by atoms with van der Waals surface area (Å²) in [5.41, 5.74) is 1.01. The number of benzene rings is 1. The Labute approximate surface area is 162 Å². The van der Waals surface area contributed by atoms with Crippen molar-refractivity contribution in [2.24, 2.45) is 0 Å². The lowest BCUT2D eigenvalue weighted by atomic mass is 10.1. The summed E-state index contributed by atoms with van der Waals surface area (Å²) in [5, 5.41) is 3.27. The fraction of sp³-hybridized carbons (Fsp3) is 0.333. The minimum Gasteiger partial charge on any atom is -0.444 e. The Hall–Kier alpha value is -2.18. The van der Waals surface area contributed by atoms with Crippen LogP contribution < -0.4 is 5.32 Å². The zero-order valence-electron chi connectivity index (χ0n) is 15.0. The number of halogens is 2. The van der Waals surface area contributed by atoms with E-state index >= 15 is 0 Å². The molecule has 2 aromatic rings. The van der Waals surface area contributed by atoms with Crippen molar-refractivity contribution in [2.45, 2.75) is 32.9 Å². The molecule has 0 radical (unpaired) electrons. The molecule has 8 heteroatoms. The standard InChI is InChI=1S/C18H21Cl2N3O3/c1-18(2,3)26-17(25)23(4)10-11-7-5-6-8-13(11)22-16(24)14-9-12(19)15(20)21-14/h5-9,21H,10H2,1-4H3,(H,22,24). The number of carbonyl (C=O) groups excluding carboxylic acids is 2. The minimum atomic E-state index is -0.578. The number of aromatic nitrogens is 1. The third kappa shape index (κ3) is 5.41. The summed E-state index contributed by atoms with van der Waals surface area (Å²) in [6.45, 7) is 5.69. The molecule has 1 heterocycles. The van der Waals surface area contributed by atoms with Crippen LogP contribution >= 0.6 is 23.2 Å². The highest BCUT2D eigenvalue weighted by Crippen LogP contribution is 2.23. The van der Waals surface area contributed by atoms with Crippen LogP contribution in [0.2, 0.25) is 10.2 Å². The van der Waals surface area contributed by atoms with E-state index in [4.69, 9.17) is 27.9 Å². The van der Waals surface area contributed by atoms with Crippen molar-refractivity contribution in [3.63, 3.8) is 0 Å². The molecule has 0 aliphatic heterocycles. The second kappa shape index (κ2) is 8.01. The van der Waals surface area contributed by atoms with Crippen molar-refractivity contribution in [1.82, 2.24) is 9.88 Å². The molecule has 0 unspecified atom stereocenters. The van der Waals surface area contributed by atoms with Crippen molar-refractivity contribution in [1.29, 1.82) is 0 Å². The van der Waals surface area contributed by atoms with E-state index in [0.717, 1.165) is 5.56 Å². The molecule has 6 nitrogen and oxygen atoms in total. The number of hydrogen-bond acceptors (Lipinski definition) is 3. The van der Waals surface area contributed by atoms with Crippen LogP contribution in [0.3, 0.4) is 0 Å². The van der Waals surface area contributed by atoms with Crippen LogP contribution in [0.1, 0.15) is 36.8 Å². The van der Waals surface area contributed by atoms with E-state index < -0.39 is 11.7 Å². The number of carbonyl (C=O) groups is 2. The van der Waals surface area contributed by atoms with Crippen LogP contribution in [0.15, 0.2) is 30.3 Å². The SMILES string of the molecule is CN(Cc1ccccc1NC(=O)c1cc(Cl)c(Cl)[nH]1)C(=O)OC(C)(C)C. The van der Waals surface area contributed by atoms with Gasteiger partial charge in [0.05, 0.1) is 11.6 Å². The lowest BCUT2D eigenvalue weighted by Crippen LogP contribution is -2.34. The second-order valence-corrected chi connectivity index (χ2v) is 7.58. The number of anilines is 1. The second-order valence-electron chi connectivity index (χ2n) is 6.79. The Morgan fingerprint density at radius 2 is 1.88 bits per heavy atom. The van der Waals surface area contributed by atoms with Crippen LogP contribution in [0.5, 0.6) is 0 Å². The highest BCUT2D eigenvalue weighted by molar-refractivity contribution is 6.41. The third-order valence-electron chi connectivity index (χ3n) is 3.35. The van der Waals surface area contributed by atoms with Crippen molar-refractivity contribution >= 4 is 40.9 Å². The smallest absolute Gasteiger partial charge is 0.410 e. The normalized spacial score (nSPS) is 11.2. The molecular weight excluding hydrogens is 377 g/mol. The summed E-state index contributed by atoms with van der Waals surface area (Å²) in [4.78, 5) is 28.7. The van der Waals surface area contributed by atoms with Crippen LogP contribution in [-0.4, -0.2) is 34.5 Å². The van der Waals surface area contributed by atoms with E-state index in [1.807, 2.05) is 12.1 Å². The number of hydrogen-bond donors (Lipinski definition) is 2. The zero-order chi connectivity index (χ0) is 19.5. The number of ether oxygens (including phenoxy) is 1. The summed E-state index contributed by atoms with van der Waals surface area (Å²) >= 11 is 11.7. The van der Waals surface area contributed by atoms with Gasteiger partial charge in [0.25, 0.3) is 5.91 Å². The van der Waals surface area contributed by atoms with Gasteiger partial charge in [-0.1, -0.05) is 41.4 Å². The van der Waals surface area contributed by atoms with Crippen LogP contribution in [-0.2, 0) is 11.3 Å².